The van der Waals surface area contributed by atoms with Gasteiger partial charge in [0, 0.05) is 24.5 Å². The fraction of sp³-hybridized carbons (Fsp3) is 0.500. The van der Waals surface area contributed by atoms with E-state index < -0.39 is 82.8 Å². The number of rotatable bonds is 6. The number of aryl methyl sites for hydroxylation is 1. The Morgan fingerprint density at radius 3 is 1.86 bits per heavy atom. The van der Waals surface area contributed by atoms with E-state index in [9.17, 15) is 49.4 Å². The molecule has 0 amide bonds. The average Bonchev–Trinajstić information content (AvgIpc) is 3.01. The van der Waals surface area contributed by atoms with E-state index >= 15 is 0 Å². The van der Waals surface area contributed by atoms with Gasteiger partial charge in [0.2, 0.25) is 0 Å². The highest BCUT2D eigenvalue weighted by Crippen LogP contribution is 2.39. The number of hydrogen-bond donors (Lipinski definition) is 3. The summed E-state index contributed by atoms with van der Waals surface area (Å²) in [5, 5.41) is 12.5. The lowest BCUT2D eigenvalue weighted by Gasteiger charge is -2.20. The minimum absolute atomic E-state index is 0.112. The summed E-state index contributed by atoms with van der Waals surface area (Å²) in [6, 6.07) is 0.531. The molecule has 0 aliphatic heterocycles. The van der Waals surface area contributed by atoms with E-state index in [-0.39, 0.29) is 11.8 Å². The van der Waals surface area contributed by atoms with Crippen LogP contribution in [0.2, 0.25) is 0 Å². The maximum atomic E-state index is 13.8. The third-order valence-corrected chi connectivity index (χ3v) is 4.79. The maximum absolute atomic E-state index is 13.8. The van der Waals surface area contributed by atoms with Gasteiger partial charge in [-0.25, -0.2) is 4.79 Å². The number of carbonyl (C=O) groups excluding carboxylic acids is 1. The molecule has 1 heterocycles. The zero-order valence-electron chi connectivity index (χ0n) is 19.4. The van der Waals surface area contributed by atoms with Gasteiger partial charge in [-0.05, 0) is 51.5 Å². The van der Waals surface area contributed by atoms with Crippen molar-refractivity contribution in [3.63, 3.8) is 0 Å². The van der Waals surface area contributed by atoms with Crippen molar-refractivity contribution in [2.45, 2.75) is 64.5 Å². The average molecular weight is 534 g/mol. The topological polar surface area (TPSA) is 74.4 Å². The first kappa shape index (κ1) is 29.5. The number of aromatic amines is 1. The molecule has 5 nitrogen and oxygen atoms in total. The van der Waals surface area contributed by atoms with Gasteiger partial charge in [-0.15, -0.1) is 0 Å². The SMILES string of the molecule is Cc1[nH]c(CNCC(O)c2cc(C(F)(F)F)cc(C(F)(F)F)c2)c(C(F)(F)F)c1C(=O)OC(C)(C)C. The number of aliphatic hydroxyl groups is 1. The van der Waals surface area contributed by atoms with Gasteiger partial charge in [0.05, 0.1) is 28.4 Å². The minimum atomic E-state index is -5.13. The van der Waals surface area contributed by atoms with Gasteiger partial charge in [0.25, 0.3) is 0 Å². The van der Waals surface area contributed by atoms with E-state index in [4.69, 9.17) is 4.74 Å². The monoisotopic (exact) mass is 534 g/mol. The lowest BCUT2D eigenvalue weighted by molar-refractivity contribution is -0.143. The van der Waals surface area contributed by atoms with Crippen molar-refractivity contribution in [1.82, 2.24) is 10.3 Å². The molecule has 3 N–H and O–H groups in total. The van der Waals surface area contributed by atoms with Crippen LogP contribution in [0.25, 0.3) is 0 Å². The number of halogens is 9. The van der Waals surface area contributed by atoms with Crippen molar-refractivity contribution in [3.05, 3.63) is 57.4 Å². The number of aliphatic hydroxyl groups excluding tert-OH is 1. The van der Waals surface area contributed by atoms with Gasteiger partial charge in [0.15, 0.2) is 0 Å². The van der Waals surface area contributed by atoms with Crippen LogP contribution in [-0.4, -0.2) is 28.2 Å². The molecule has 14 heteroatoms. The molecular formula is C22H23F9N2O3. The summed E-state index contributed by atoms with van der Waals surface area (Å²) < 4.78 is 124. The van der Waals surface area contributed by atoms with Crippen molar-refractivity contribution < 1.29 is 54.2 Å². The van der Waals surface area contributed by atoms with Crippen molar-refractivity contribution in [2.75, 3.05) is 6.54 Å². The molecule has 2 rings (SSSR count). The molecule has 2 aromatic rings. The summed E-state index contributed by atoms with van der Waals surface area (Å²) in [5.74, 6) is -1.24. The van der Waals surface area contributed by atoms with Crippen LogP contribution >= 0.6 is 0 Å². The van der Waals surface area contributed by atoms with E-state index in [1.807, 2.05) is 0 Å². The molecule has 1 unspecified atom stereocenters. The number of nitrogens with one attached hydrogen (secondary N) is 2. The quantitative estimate of drug-likeness (QED) is 0.307. The van der Waals surface area contributed by atoms with Crippen LogP contribution in [0.15, 0.2) is 18.2 Å². The molecule has 0 spiro atoms. The highest BCUT2D eigenvalue weighted by molar-refractivity contribution is 5.93. The van der Waals surface area contributed by atoms with E-state index in [0.717, 1.165) is 0 Å². The number of H-pyrrole nitrogens is 1. The first-order valence-electron chi connectivity index (χ1n) is 10.3. The Kier molecular flexibility index (Phi) is 8.16. The van der Waals surface area contributed by atoms with Crippen molar-refractivity contribution in [1.29, 1.82) is 0 Å². The summed E-state index contributed by atoms with van der Waals surface area (Å²) in [6.07, 6.45) is -17.2. The van der Waals surface area contributed by atoms with Crippen molar-refractivity contribution in [2.24, 2.45) is 0 Å². The first-order valence-corrected chi connectivity index (χ1v) is 10.3. The predicted molar refractivity (Wildman–Crippen MR) is 109 cm³/mol. The van der Waals surface area contributed by atoms with Gasteiger partial charge in [-0.2, -0.15) is 39.5 Å². The van der Waals surface area contributed by atoms with Gasteiger partial charge < -0.3 is 20.1 Å². The molecule has 202 valence electrons. The Bertz CT molecular complexity index is 1060. The number of ether oxygens (including phenoxy) is 1. The molecule has 0 fully saturated rings. The second kappa shape index (κ2) is 9.96. The second-order valence-electron chi connectivity index (χ2n) is 8.96. The van der Waals surface area contributed by atoms with Crippen LogP contribution in [-0.2, 0) is 29.8 Å². The van der Waals surface area contributed by atoms with Crippen LogP contribution < -0.4 is 5.32 Å². The molecule has 1 aromatic carbocycles. The summed E-state index contributed by atoms with van der Waals surface area (Å²) in [5.41, 5.74) is -7.92. The third kappa shape index (κ3) is 7.38. The number of alkyl halides is 9. The Morgan fingerprint density at radius 2 is 1.44 bits per heavy atom. The highest BCUT2D eigenvalue weighted by atomic mass is 19.4. The van der Waals surface area contributed by atoms with Crippen LogP contribution in [0.3, 0.4) is 0 Å². The predicted octanol–water partition coefficient (Wildman–Crippen LogP) is 6.16. The fourth-order valence-corrected chi connectivity index (χ4v) is 3.34. The van der Waals surface area contributed by atoms with E-state index in [1.165, 1.54) is 27.7 Å². The minimum Gasteiger partial charge on any atom is -0.456 e. The second-order valence-corrected chi connectivity index (χ2v) is 8.96. The molecule has 0 saturated carbocycles. The Morgan fingerprint density at radius 1 is 0.944 bits per heavy atom. The van der Waals surface area contributed by atoms with Gasteiger partial charge in [0.1, 0.15) is 5.60 Å². The van der Waals surface area contributed by atoms with Crippen LogP contribution in [0.1, 0.15) is 70.9 Å². The Labute approximate surface area is 199 Å². The summed E-state index contributed by atoms with van der Waals surface area (Å²) in [6.45, 7) is 4.23. The number of esters is 1. The largest absolute Gasteiger partial charge is 0.456 e. The van der Waals surface area contributed by atoms with Gasteiger partial charge in [-0.1, -0.05) is 0 Å². The summed E-state index contributed by atoms with van der Waals surface area (Å²) in [4.78, 5) is 14.8. The van der Waals surface area contributed by atoms with E-state index in [0.29, 0.717) is 12.1 Å². The lowest BCUT2D eigenvalue weighted by Crippen LogP contribution is -2.26. The first-order chi connectivity index (χ1) is 16.1. The fourth-order valence-electron chi connectivity index (χ4n) is 3.34. The normalized spacial score (nSPS) is 14.2. The third-order valence-electron chi connectivity index (χ3n) is 4.79. The van der Waals surface area contributed by atoms with Crippen LogP contribution in [0.5, 0.6) is 0 Å². The molecule has 0 bridgehead atoms. The Balaban J connectivity index is 2.30. The molecule has 0 aliphatic rings. The standard InChI is InChI=1S/C22H23F9N2O3/c1-10-16(18(35)36-19(2,3)4)17(22(29,30)31)14(33-10)8-32-9-15(34)11-5-12(20(23,24)25)7-13(6-11)21(26,27)28/h5-7,15,32-34H,8-9H2,1-4H3. The summed E-state index contributed by atoms with van der Waals surface area (Å²) >= 11 is 0. The smallest absolute Gasteiger partial charge is 0.419 e. The zero-order valence-corrected chi connectivity index (χ0v) is 19.4. The van der Waals surface area contributed by atoms with E-state index in [2.05, 4.69) is 10.3 Å². The van der Waals surface area contributed by atoms with Crippen molar-refractivity contribution in [3.8, 4) is 0 Å². The molecule has 1 atom stereocenters. The molecule has 0 aliphatic carbocycles. The number of benzene rings is 1. The Hall–Kier alpha value is -2.74. The number of hydrogen-bond acceptors (Lipinski definition) is 4. The highest BCUT2D eigenvalue weighted by Gasteiger charge is 2.42. The van der Waals surface area contributed by atoms with Crippen LogP contribution in [0.4, 0.5) is 39.5 Å². The summed E-state index contributed by atoms with van der Waals surface area (Å²) in [7, 11) is 0. The maximum Gasteiger partial charge on any atom is 0.419 e. The molecule has 0 radical (unpaired) electrons. The molecule has 36 heavy (non-hydrogen) atoms. The molecular weight excluding hydrogens is 511 g/mol. The van der Waals surface area contributed by atoms with Gasteiger partial charge >= 0.3 is 24.5 Å². The molecule has 0 saturated heterocycles. The molecule has 1 aromatic heterocycles. The van der Waals surface area contributed by atoms with E-state index in [1.54, 1.807) is 0 Å². The van der Waals surface area contributed by atoms with Crippen LogP contribution in [0, 0.1) is 6.92 Å². The number of carbonyl (C=O) groups is 1. The number of aromatic nitrogens is 1. The van der Waals surface area contributed by atoms with Gasteiger partial charge in [-0.3, -0.25) is 0 Å². The van der Waals surface area contributed by atoms with Crippen molar-refractivity contribution >= 4 is 5.97 Å². The lowest BCUT2D eigenvalue weighted by atomic mass is 10.0. The zero-order chi connectivity index (χ0) is 27.9.